The Balaban J connectivity index is 2.79. The molecule has 0 aliphatic heterocycles. The molecule has 0 spiro atoms. The molecule has 0 amide bonds. The Morgan fingerprint density at radius 1 is 1.53 bits per heavy atom. The van der Waals surface area contributed by atoms with Crippen molar-refractivity contribution in [2.24, 2.45) is 0 Å². The highest BCUT2D eigenvalue weighted by Gasteiger charge is 2.26. The summed E-state index contributed by atoms with van der Waals surface area (Å²) < 4.78 is 23.2. The topological polar surface area (TPSA) is 59.1 Å². The molecule has 1 N–H and O–H groups in total. The Hall–Kier alpha value is -0.460. The maximum Gasteiger partial charge on any atom is 0.151 e. The van der Waals surface area contributed by atoms with Crippen molar-refractivity contribution in [3.63, 3.8) is 0 Å². The van der Waals surface area contributed by atoms with Gasteiger partial charge in [-0.2, -0.15) is 0 Å². The standard InChI is InChI=1S/C11H20N2O2S2/c1-5-12-10(9(3)17(4,14)15)6-11-13-8(2)7-16-11/h7,9-10,12H,5-6H2,1-4H3. The van der Waals surface area contributed by atoms with Gasteiger partial charge in [-0.25, -0.2) is 13.4 Å². The molecule has 0 radical (unpaired) electrons. The lowest BCUT2D eigenvalue weighted by atomic mass is 10.1. The van der Waals surface area contributed by atoms with E-state index < -0.39 is 15.1 Å². The fourth-order valence-corrected chi connectivity index (χ4v) is 3.27. The lowest BCUT2D eigenvalue weighted by Gasteiger charge is -2.22. The van der Waals surface area contributed by atoms with E-state index in [9.17, 15) is 8.42 Å². The van der Waals surface area contributed by atoms with Crippen LogP contribution >= 0.6 is 11.3 Å². The molecule has 0 fully saturated rings. The normalized spacial score (nSPS) is 15.8. The molecule has 1 heterocycles. The van der Waals surface area contributed by atoms with Gasteiger partial charge in [-0.15, -0.1) is 11.3 Å². The fourth-order valence-electron chi connectivity index (χ4n) is 1.65. The molecule has 1 aromatic heterocycles. The second kappa shape index (κ2) is 5.93. The van der Waals surface area contributed by atoms with Crippen LogP contribution in [-0.2, 0) is 16.3 Å². The number of nitrogens with zero attached hydrogens (tertiary/aromatic N) is 1. The van der Waals surface area contributed by atoms with Crippen molar-refractivity contribution in [1.29, 1.82) is 0 Å². The summed E-state index contributed by atoms with van der Waals surface area (Å²) >= 11 is 1.59. The quantitative estimate of drug-likeness (QED) is 0.853. The van der Waals surface area contributed by atoms with Crippen LogP contribution in [0, 0.1) is 6.92 Å². The summed E-state index contributed by atoms with van der Waals surface area (Å²) in [5.41, 5.74) is 0.993. The largest absolute Gasteiger partial charge is 0.313 e. The van der Waals surface area contributed by atoms with Crippen LogP contribution in [0.25, 0.3) is 0 Å². The molecule has 6 heteroatoms. The van der Waals surface area contributed by atoms with E-state index in [2.05, 4.69) is 10.3 Å². The van der Waals surface area contributed by atoms with E-state index in [4.69, 9.17) is 0 Å². The summed E-state index contributed by atoms with van der Waals surface area (Å²) in [4.78, 5) is 4.38. The lowest BCUT2D eigenvalue weighted by Crippen LogP contribution is -2.43. The van der Waals surface area contributed by atoms with Gasteiger partial charge in [-0.3, -0.25) is 0 Å². The number of aryl methyl sites for hydroxylation is 1. The summed E-state index contributed by atoms with van der Waals surface area (Å²) in [6.45, 7) is 6.44. The van der Waals surface area contributed by atoms with Crippen LogP contribution in [0.5, 0.6) is 0 Å². The molecule has 1 aromatic rings. The van der Waals surface area contributed by atoms with Gasteiger partial charge in [0, 0.05) is 29.8 Å². The SMILES string of the molecule is CCNC(Cc1nc(C)cs1)C(C)S(C)(=O)=O. The van der Waals surface area contributed by atoms with Crippen molar-refractivity contribution >= 4 is 21.2 Å². The molecule has 0 bridgehead atoms. The van der Waals surface area contributed by atoms with E-state index in [1.54, 1.807) is 18.3 Å². The highest BCUT2D eigenvalue weighted by atomic mass is 32.2. The lowest BCUT2D eigenvalue weighted by molar-refractivity contribution is 0.493. The number of likely N-dealkylation sites (N-methyl/N-ethyl adjacent to an activating group) is 1. The van der Waals surface area contributed by atoms with E-state index in [-0.39, 0.29) is 6.04 Å². The first-order chi connectivity index (χ1) is 7.84. The third-order valence-corrected chi connectivity index (χ3v) is 5.44. The van der Waals surface area contributed by atoms with Crippen LogP contribution in [0.1, 0.15) is 24.5 Å². The van der Waals surface area contributed by atoms with Crippen molar-refractivity contribution in [3.05, 3.63) is 16.1 Å². The van der Waals surface area contributed by atoms with Crippen molar-refractivity contribution in [2.75, 3.05) is 12.8 Å². The van der Waals surface area contributed by atoms with Crippen molar-refractivity contribution < 1.29 is 8.42 Å². The predicted octanol–water partition coefficient (Wildman–Crippen LogP) is 1.41. The van der Waals surface area contributed by atoms with Gasteiger partial charge in [-0.1, -0.05) is 6.92 Å². The number of rotatable bonds is 6. The Kier molecular flexibility index (Phi) is 5.09. The molecule has 0 aliphatic rings. The number of nitrogens with one attached hydrogen (secondary N) is 1. The molecule has 2 unspecified atom stereocenters. The maximum absolute atomic E-state index is 11.6. The highest BCUT2D eigenvalue weighted by Crippen LogP contribution is 2.15. The molecule has 0 saturated heterocycles. The summed E-state index contributed by atoms with van der Waals surface area (Å²) in [5, 5.41) is 5.82. The van der Waals surface area contributed by atoms with Gasteiger partial charge in [0.2, 0.25) is 0 Å². The average molecular weight is 276 g/mol. The summed E-state index contributed by atoms with van der Waals surface area (Å²) in [7, 11) is -3.02. The molecule has 4 nitrogen and oxygen atoms in total. The summed E-state index contributed by atoms with van der Waals surface area (Å²) in [6.07, 6.45) is 1.95. The fraction of sp³-hybridized carbons (Fsp3) is 0.727. The molecule has 0 saturated carbocycles. The molecule has 1 rings (SSSR count). The Morgan fingerprint density at radius 2 is 2.18 bits per heavy atom. The average Bonchev–Trinajstić information content (AvgIpc) is 2.61. The number of hydrogen-bond acceptors (Lipinski definition) is 5. The molecule has 0 aromatic carbocycles. The van der Waals surface area contributed by atoms with Gasteiger partial charge in [-0.05, 0) is 20.4 Å². The third-order valence-electron chi connectivity index (χ3n) is 2.77. The maximum atomic E-state index is 11.6. The first-order valence-electron chi connectivity index (χ1n) is 5.67. The van der Waals surface area contributed by atoms with Gasteiger partial charge < -0.3 is 5.32 Å². The van der Waals surface area contributed by atoms with Crippen LogP contribution in [0.2, 0.25) is 0 Å². The van der Waals surface area contributed by atoms with Crippen LogP contribution in [-0.4, -0.2) is 37.5 Å². The van der Waals surface area contributed by atoms with Gasteiger partial charge in [0.1, 0.15) is 0 Å². The van der Waals surface area contributed by atoms with Crippen LogP contribution < -0.4 is 5.32 Å². The zero-order valence-electron chi connectivity index (χ0n) is 10.7. The third kappa shape index (κ3) is 4.37. The minimum absolute atomic E-state index is 0.0689. The Labute approximate surface area is 107 Å². The number of aromatic nitrogens is 1. The highest BCUT2D eigenvalue weighted by molar-refractivity contribution is 7.91. The van der Waals surface area contributed by atoms with Crippen LogP contribution in [0.4, 0.5) is 0 Å². The van der Waals surface area contributed by atoms with Gasteiger partial charge in [0.25, 0.3) is 0 Å². The number of sulfone groups is 1. The molecular weight excluding hydrogens is 256 g/mol. The minimum Gasteiger partial charge on any atom is -0.313 e. The summed E-state index contributed by atoms with van der Waals surface area (Å²) in [5.74, 6) is 0. The molecule has 0 aliphatic carbocycles. The van der Waals surface area contributed by atoms with E-state index in [0.29, 0.717) is 6.42 Å². The van der Waals surface area contributed by atoms with Gasteiger partial charge in [0.05, 0.1) is 10.3 Å². The summed E-state index contributed by atoms with van der Waals surface area (Å²) in [6, 6.07) is -0.0689. The molecular formula is C11H20N2O2S2. The predicted molar refractivity (Wildman–Crippen MR) is 72.3 cm³/mol. The van der Waals surface area contributed by atoms with Crippen molar-refractivity contribution in [1.82, 2.24) is 10.3 Å². The second-order valence-corrected chi connectivity index (χ2v) is 7.63. The first kappa shape index (κ1) is 14.6. The van der Waals surface area contributed by atoms with Gasteiger partial charge >= 0.3 is 0 Å². The van der Waals surface area contributed by atoms with E-state index >= 15 is 0 Å². The van der Waals surface area contributed by atoms with Gasteiger partial charge in [0.15, 0.2) is 9.84 Å². The second-order valence-electron chi connectivity index (χ2n) is 4.29. The van der Waals surface area contributed by atoms with Crippen molar-refractivity contribution in [2.45, 2.75) is 38.5 Å². The zero-order chi connectivity index (χ0) is 13.1. The minimum atomic E-state index is -3.02. The molecule has 17 heavy (non-hydrogen) atoms. The number of thiazole rings is 1. The van der Waals surface area contributed by atoms with E-state index in [1.165, 1.54) is 6.26 Å². The van der Waals surface area contributed by atoms with Crippen LogP contribution in [0.15, 0.2) is 5.38 Å². The first-order valence-corrected chi connectivity index (χ1v) is 8.51. The monoisotopic (exact) mass is 276 g/mol. The van der Waals surface area contributed by atoms with E-state index in [0.717, 1.165) is 17.2 Å². The zero-order valence-corrected chi connectivity index (χ0v) is 12.4. The smallest absolute Gasteiger partial charge is 0.151 e. The Morgan fingerprint density at radius 3 is 2.59 bits per heavy atom. The van der Waals surface area contributed by atoms with Crippen LogP contribution in [0.3, 0.4) is 0 Å². The van der Waals surface area contributed by atoms with Crippen molar-refractivity contribution in [3.8, 4) is 0 Å². The molecule has 98 valence electrons. The Bertz CT molecular complexity index is 454. The van der Waals surface area contributed by atoms with E-state index in [1.807, 2.05) is 19.2 Å². The number of hydrogen-bond donors (Lipinski definition) is 1. The molecule has 2 atom stereocenters.